The molecule has 0 aromatic heterocycles. The van der Waals surface area contributed by atoms with Crippen molar-refractivity contribution in [1.82, 2.24) is 5.32 Å². The molecule has 120 valence electrons. The van der Waals surface area contributed by atoms with E-state index >= 15 is 0 Å². The van der Waals surface area contributed by atoms with E-state index in [1.807, 2.05) is 0 Å². The zero-order valence-corrected chi connectivity index (χ0v) is 12.3. The van der Waals surface area contributed by atoms with Crippen LogP contribution in [0.25, 0.3) is 0 Å². The summed E-state index contributed by atoms with van der Waals surface area (Å²) in [6, 6.07) is 0. The molecule has 2 N–H and O–H groups in total. The Labute approximate surface area is 122 Å². The van der Waals surface area contributed by atoms with Gasteiger partial charge in [-0.05, 0) is 61.7 Å². The van der Waals surface area contributed by atoms with Gasteiger partial charge in [-0.15, -0.1) is 0 Å². The van der Waals surface area contributed by atoms with E-state index < -0.39 is 21.3 Å². The second kappa shape index (κ2) is 4.62. The Hall–Kier alpha value is -0.760. The number of hydrogen-bond acceptors (Lipinski definition) is 3. The average molecular weight is 323 g/mol. The summed E-state index contributed by atoms with van der Waals surface area (Å²) in [6.45, 7) is 0.0699. The molecule has 1 amide bonds. The van der Waals surface area contributed by atoms with E-state index in [4.69, 9.17) is 4.55 Å². The largest absolute Gasteiger partial charge is 0.446 e. The third kappa shape index (κ3) is 2.56. The van der Waals surface area contributed by atoms with E-state index in [2.05, 4.69) is 5.32 Å². The van der Waals surface area contributed by atoms with E-state index in [1.54, 1.807) is 0 Å². The van der Waals surface area contributed by atoms with Gasteiger partial charge in [0.25, 0.3) is 0 Å². The van der Waals surface area contributed by atoms with Crippen molar-refractivity contribution < 1.29 is 26.5 Å². The molecule has 0 heterocycles. The number of rotatable bonds is 4. The van der Waals surface area contributed by atoms with Crippen LogP contribution in [0.15, 0.2) is 0 Å². The van der Waals surface area contributed by atoms with Crippen LogP contribution in [0.4, 0.5) is 8.78 Å². The van der Waals surface area contributed by atoms with E-state index in [0.29, 0.717) is 17.8 Å². The fraction of sp³-hybridized carbons (Fsp3) is 0.923. The Kier molecular flexibility index (Phi) is 3.33. The smallest absolute Gasteiger partial charge is 0.349 e. The number of hydrogen-bond donors (Lipinski definition) is 2. The minimum absolute atomic E-state index is 0.0699. The van der Waals surface area contributed by atoms with Gasteiger partial charge in [-0.2, -0.15) is 17.2 Å². The Morgan fingerprint density at radius 3 is 1.95 bits per heavy atom. The minimum atomic E-state index is -5.73. The number of alkyl halides is 2. The molecule has 4 aliphatic rings. The maximum atomic E-state index is 13.2. The van der Waals surface area contributed by atoms with E-state index in [9.17, 15) is 22.0 Å². The van der Waals surface area contributed by atoms with Crippen LogP contribution in [0.1, 0.15) is 38.5 Å². The molecule has 0 spiro atoms. The predicted octanol–water partition coefficient (Wildman–Crippen LogP) is 1.80. The molecule has 21 heavy (non-hydrogen) atoms. The summed E-state index contributed by atoms with van der Waals surface area (Å²) in [6.07, 6.45) is 6.31. The Morgan fingerprint density at radius 2 is 1.57 bits per heavy atom. The van der Waals surface area contributed by atoms with Crippen molar-refractivity contribution in [2.45, 2.75) is 43.8 Å². The molecule has 0 aromatic rings. The summed E-state index contributed by atoms with van der Waals surface area (Å²) in [5.74, 6) is -0.110. The number of halogens is 2. The summed E-state index contributed by atoms with van der Waals surface area (Å²) >= 11 is 0. The third-order valence-electron chi connectivity index (χ3n) is 5.38. The van der Waals surface area contributed by atoms with Crippen LogP contribution in [0.5, 0.6) is 0 Å². The van der Waals surface area contributed by atoms with Gasteiger partial charge in [-0.3, -0.25) is 9.35 Å². The van der Waals surface area contributed by atoms with Crippen LogP contribution in [0.3, 0.4) is 0 Å². The SMILES string of the molecule is O=C(NCC12CC3CC(CC(C3)C1)C2)C(F)(F)S(=O)(=O)O. The molecular formula is C13H19F2NO4S. The van der Waals surface area contributed by atoms with Crippen molar-refractivity contribution in [2.24, 2.45) is 23.2 Å². The van der Waals surface area contributed by atoms with E-state index in [-0.39, 0.29) is 12.0 Å². The molecule has 4 saturated carbocycles. The summed E-state index contributed by atoms with van der Waals surface area (Å²) in [4.78, 5) is 11.4. The molecule has 0 atom stereocenters. The van der Waals surface area contributed by atoms with Gasteiger partial charge in [0.1, 0.15) is 0 Å². The second-order valence-electron chi connectivity index (χ2n) is 7.09. The highest BCUT2D eigenvalue weighted by Crippen LogP contribution is 2.59. The topological polar surface area (TPSA) is 83.5 Å². The van der Waals surface area contributed by atoms with Crippen molar-refractivity contribution in [3.63, 3.8) is 0 Å². The molecule has 0 aromatic carbocycles. The van der Waals surface area contributed by atoms with Crippen molar-refractivity contribution in [3.8, 4) is 0 Å². The lowest BCUT2D eigenvalue weighted by molar-refractivity contribution is -0.138. The van der Waals surface area contributed by atoms with Crippen LogP contribution < -0.4 is 5.32 Å². The van der Waals surface area contributed by atoms with Crippen LogP contribution in [0.2, 0.25) is 0 Å². The quantitative estimate of drug-likeness (QED) is 0.773. The van der Waals surface area contributed by atoms with Gasteiger partial charge in [0.15, 0.2) is 0 Å². The summed E-state index contributed by atoms with van der Waals surface area (Å²) in [7, 11) is -5.73. The van der Waals surface area contributed by atoms with Gasteiger partial charge >= 0.3 is 21.3 Å². The van der Waals surface area contributed by atoms with Crippen LogP contribution in [-0.2, 0) is 14.9 Å². The monoisotopic (exact) mass is 323 g/mol. The first-order valence-corrected chi connectivity index (χ1v) is 8.68. The standard InChI is InChI=1S/C13H19F2NO4S/c14-13(15,21(18,19)20)11(17)16-7-12-4-8-1-9(5-12)3-10(2-8)6-12/h8-10H,1-7H2,(H,16,17)(H,18,19,20). The third-order valence-corrected chi connectivity index (χ3v) is 6.21. The normalized spacial score (nSPS) is 38.5. The summed E-state index contributed by atoms with van der Waals surface area (Å²) in [5.41, 5.74) is -0.167. The fourth-order valence-electron chi connectivity index (χ4n) is 4.99. The fourth-order valence-corrected chi connectivity index (χ4v) is 5.30. The molecule has 0 aliphatic heterocycles. The first-order valence-electron chi connectivity index (χ1n) is 7.24. The van der Waals surface area contributed by atoms with Crippen molar-refractivity contribution in [3.05, 3.63) is 0 Å². The predicted molar refractivity (Wildman–Crippen MR) is 70.1 cm³/mol. The average Bonchev–Trinajstić information content (AvgIpc) is 2.32. The molecule has 4 rings (SSSR count). The lowest BCUT2D eigenvalue weighted by Gasteiger charge is -2.56. The zero-order chi connectivity index (χ0) is 15.5. The van der Waals surface area contributed by atoms with Gasteiger partial charge in [0.2, 0.25) is 0 Å². The minimum Gasteiger partial charge on any atom is -0.349 e. The second-order valence-corrected chi connectivity index (χ2v) is 8.55. The highest BCUT2D eigenvalue weighted by Gasteiger charge is 2.54. The Bertz CT molecular complexity index is 525. The van der Waals surface area contributed by atoms with Crippen LogP contribution in [0, 0.1) is 23.2 Å². The molecular weight excluding hydrogens is 304 g/mol. The van der Waals surface area contributed by atoms with Crippen molar-refractivity contribution >= 4 is 16.0 Å². The van der Waals surface area contributed by atoms with Gasteiger partial charge in [-0.25, -0.2) is 0 Å². The lowest BCUT2D eigenvalue weighted by Crippen LogP contribution is -2.54. The number of carbonyl (C=O) groups excluding carboxylic acids is 1. The van der Waals surface area contributed by atoms with E-state index in [1.165, 1.54) is 19.3 Å². The molecule has 0 saturated heterocycles. The van der Waals surface area contributed by atoms with Gasteiger partial charge in [0.05, 0.1) is 0 Å². The Morgan fingerprint density at radius 1 is 1.14 bits per heavy atom. The highest BCUT2D eigenvalue weighted by molar-refractivity contribution is 7.87. The van der Waals surface area contributed by atoms with Crippen molar-refractivity contribution in [2.75, 3.05) is 6.54 Å². The first kappa shape index (κ1) is 15.1. The Balaban J connectivity index is 1.67. The van der Waals surface area contributed by atoms with Crippen molar-refractivity contribution in [1.29, 1.82) is 0 Å². The number of nitrogens with one attached hydrogen (secondary N) is 1. The molecule has 4 bridgehead atoms. The van der Waals surface area contributed by atoms with Crippen LogP contribution >= 0.6 is 0 Å². The molecule has 8 heteroatoms. The highest BCUT2D eigenvalue weighted by atomic mass is 32.2. The molecule has 4 fully saturated rings. The zero-order valence-electron chi connectivity index (χ0n) is 11.5. The number of amides is 1. The summed E-state index contributed by atoms with van der Waals surface area (Å²) < 4.78 is 56.0. The van der Waals surface area contributed by atoms with Gasteiger partial charge < -0.3 is 5.32 Å². The number of carbonyl (C=O) groups is 1. The molecule has 0 radical (unpaired) electrons. The summed E-state index contributed by atoms with van der Waals surface area (Å²) in [5, 5.41) is -2.72. The maximum absolute atomic E-state index is 13.2. The van der Waals surface area contributed by atoms with E-state index in [0.717, 1.165) is 19.3 Å². The molecule has 0 unspecified atom stereocenters. The van der Waals surface area contributed by atoms with Gasteiger partial charge in [-0.1, -0.05) is 0 Å². The maximum Gasteiger partial charge on any atom is 0.446 e. The first-order chi connectivity index (χ1) is 9.61. The van der Waals surface area contributed by atoms with Crippen LogP contribution in [-0.4, -0.2) is 30.7 Å². The molecule has 5 nitrogen and oxygen atoms in total. The molecule has 4 aliphatic carbocycles. The van der Waals surface area contributed by atoms with Gasteiger partial charge in [0, 0.05) is 6.54 Å². The lowest BCUT2D eigenvalue weighted by atomic mass is 9.49.